The molecule has 0 radical (unpaired) electrons. The van der Waals surface area contributed by atoms with E-state index < -0.39 is 11.8 Å². The standard InChI is InChI=1S/C23H29ClN4O3/c1-31-21-9-3-18(4-10-21)17-26-23(30)22(29)25-11-2-12-27-13-15-28(16-14-27)20-7-5-19(24)6-8-20/h3-10H,2,11-17H2,1H3,(H,25,29)(H,26,30). The summed E-state index contributed by atoms with van der Waals surface area (Å²) in [6, 6.07) is 15.3. The predicted molar refractivity (Wildman–Crippen MR) is 123 cm³/mol. The molecule has 1 aliphatic heterocycles. The van der Waals surface area contributed by atoms with Gasteiger partial charge in [0.15, 0.2) is 0 Å². The van der Waals surface area contributed by atoms with Gasteiger partial charge in [-0.1, -0.05) is 23.7 Å². The number of ether oxygens (including phenoxy) is 1. The molecule has 7 nitrogen and oxygen atoms in total. The topological polar surface area (TPSA) is 73.9 Å². The number of carbonyl (C=O) groups is 2. The Morgan fingerprint density at radius 3 is 2.23 bits per heavy atom. The van der Waals surface area contributed by atoms with Gasteiger partial charge in [0.25, 0.3) is 0 Å². The number of benzene rings is 2. The Bertz CT molecular complexity index is 850. The molecule has 8 heteroatoms. The van der Waals surface area contributed by atoms with E-state index in [0.717, 1.165) is 55.5 Å². The first-order valence-electron chi connectivity index (χ1n) is 10.5. The number of nitrogens with one attached hydrogen (secondary N) is 2. The molecule has 0 spiro atoms. The molecule has 1 saturated heterocycles. The molecule has 3 rings (SSSR count). The second-order valence-corrected chi connectivity index (χ2v) is 7.88. The monoisotopic (exact) mass is 444 g/mol. The minimum atomic E-state index is -0.618. The summed E-state index contributed by atoms with van der Waals surface area (Å²) in [6.07, 6.45) is 0.804. The van der Waals surface area contributed by atoms with Gasteiger partial charge in [0, 0.05) is 50.0 Å². The van der Waals surface area contributed by atoms with E-state index in [-0.39, 0.29) is 0 Å². The Balaban J connectivity index is 1.28. The van der Waals surface area contributed by atoms with Crippen molar-refractivity contribution in [2.24, 2.45) is 0 Å². The SMILES string of the molecule is COc1ccc(CNC(=O)C(=O)NCCCN2CCN(c3ccc(Cl)cc3)CC2)cc1. The molecule has 2 N–H and O–H groups in total. The van der Waals surface area contributed by atoms with E-state index in [1.807, 2.05) is 48.5 Å². The molecule has 0 saturated carbocycles. The molecule has 31 heavy (non-hydrogen) atoms. The highest BCUT2D eigenvalue weighted by Crippen LogP contribution is 2.19. The molecule has 1 fully saturated rings. The number of hydrogen-bond donors (Lipinski definition) is 2. The average Bonchev–Trinajstić information content (AvgIpc) is 2.81. The second kappa shape index (κ2) is 11.6. The average molecular weight is 445 g/mol. The minimum Gasteiger partial charge on any atom is -0.497 e. The summed E-state index contributed by atoms with van der Waals surface area (Å²) in [6.45, 7) is 5.53. The van der Waals surface area contributed by atoms with Gasteiger partial charge in [-0.2, -0.15) is 0 Å². The van der Waals surface area contributed by atoms with Crippen molar-refractivity contribution in [2.75, 3.05) is 51.3 Å². The number of amides is 2. The van der Waals surface area contributed by atoms with Crippen LogP contribution in [0.5, 0.6) is 5.75 Å². The van der Waals surface area contributed by atoms with Crippen LogP contribution in [0.4, 0.5) is 5.69 Å². The van der Waals surface area contributed by atoms with Crippen LogP contribution in [-0.4, -0.2) is 63.1 Å². The second-order valence-electron chi connectivity index (χ2n) is 7.45. The molecule has 2 amide bonds. The zero-order chi connectivity index (χ0) is 22.1. The van der Waals surface area contributed by atoms with Gasteiger partial charge >= 0.3 is 11.8 Å². The maximum absolute atomic E-state index is 12.0. The quantitative estimate of drug-likeness (QED) is 0.482. The highest BCUT2D eigenvalue weighted by Gasteiger charge is 2.17. The van der Waals surface area contributed by atoms with Crippen LogP contribution in [0.15, 0.2) is 48.5 Å². The van der Waals surface area contributed by atoms with Gasteiger partial charge in [-0.15, -0.1) is 0 Å². The third-order valence-electron chi connectivity index (χ3n) is 5.32. The third kappa shape index (κ3) is 7.15. The van der Waals surface area contributed by atoms with Crippen LogP contribution >= 0.6 is 11.6 Å². The summed E-state index contributed by atoms with van der Waals surface area (Å²) < 4.78 is 5.10. The lowest BCUT2D eigenvalue weighted by Crippen LogP contribution is -2.47. The van der Waals surface area contributed by atoms with Gasteiger partial charge in [0.05, 0.1) is 7.11 Å². The van der Waals surface area contributed by atoms with E-state index >= 15 is 0 Å². The predicted octanol–water partition coefficient (Wildman–Crippen LogP) is 2.29. The zero-order valence-electron chi connectivity index (χ0n) is 17.8. The first kappa shape index (κ1) is 22.9. The van der Waals surface area contributed by atoms with Crippen molar-refractivity contribution in [1.29, 1.82) is 0 Å². The van der Waals surface area contributed by atoms with Crippen LogP contribution in [0.1, 0.15) is 12.0 Å². The van der Waals surface area contributed by atoms with Crippen molar-refractivity contribution in [1.82, 2.24) is 15.5 Å². The smallest absolute Gasteiger partial charge is 0.309 e. The maximum Gasteiger partial charge on any atom is 0.309 e. The third-order valence-corrected chi connectivity index (χ3v) is 5.57. The van der Waals surface area contributed by atoms with Gasteiger partial charge in [-0.25, -0.2) is 0 Å². The Morgan fingerprint density at radius 1 is 0.935 bits per heavy atom. The Morgan fingerprint density at radius 2 is 1.58 bits per heavy atom. The Kier molecular flexibility index (Phi) is 8.55. The number of hydrogen-bond acceptors (Lipinski definition) is 5. The van der Waals surface area contributed by atoms with Crippen molar-refractivity contribution < 1.29 is 14.3 Å². The normalized spacial score (nSPS) is 14.2. The number of carbonyl (C=O) groups excluding carboxylic acids is 2. The highest BCUT2D eigenvalue weighted by atomic mass is 35.5. The van der Waals surface area contributed by atoms with Gasteiger partial charge in [0.2, 0.25) is 0 Å². The molecule has 1 aliphatic rings. The summed E-state index contributed by atoms with van der Waals surface area (Å²) in [5, 5.41) is 6.08. The molecule has 0 aliphatic carbocycles. The van der Waals surface area contributed by atoms with Gasteiger partial charge < -0.3 is 20.3 Å². The van der Waals surface area contributed by atoms with Gasteiger partial charge in [-0.3, -0.25) is 14.5 Å². The number of methoxy groups -OCH3 is 1. The van der Waals surface area contributed by atoms with Gasteiger partial charge in [-0.05, 0) is 54.9 Å². The number of piperazine rings is 1. The van der Waals surface area contributed by atoms with Crippen LogP contribution in [0.2, 0.25) is 5.02 Å². The lowest BCUT2D eigenvalue weighted by atomic mass is 10.2. The molecule has 0 unspecified atom stereocenters. The van der Waals surface area contributed by atoms with E-state index in [0.29, 0.717) is 13.1 Å². The lowest BCUT2D eigenvalue weighted by molar-refractivity contribution is -0.139. The molecule has 0 bridgehead atoms. The van der Waals surface area contributed by atoms with Crippen molar-refractivity contribution in [3.63, 3.8) is 0 Å². The number of anilines is 1. The number of halogens is 1. The largest absolute Gasteiger partial charge is 0.497 e. The number of rotatable bonds is 8. The maximum atomic E-state index is 12.0. The molecule has 0 aromatic heterocycles. The summed E-state index contributed by atoms with van der Waals surface area (Å²) in [5.74, 6) is -0.465. The first-order chi connectivity index (χ1) is 15.0. The summed E-state index contributed by atoms with van der Waals surface area (Å²) in [5.41, 5.74) is 2.09. The molecule has 1 heterocycles. The van der Waals surface area contributed by atoms with Crippen molar-refractivity contribution in [2.45, 2.75) is 13.0 Å². The van der Waals surface area contributed by atoms with Crippen LogP contribution in [-0.2, 0) is 16.1 Å². The Hall–Kier alpha value is -2.77. The fourth-order valence-corrected chi connectivity index (χ4v) is 3.60. The van der Waals surface area contributed by atoms with E-state index in [2.05, 4.69) is 20.4 Å². The van der Waals surface area contributed by atoms with E-state index in [1.54, 1.807) is 7.11 Å². The van der Waals surface area contributed by atoms with Crippen LogP contribution in [0.3, 0.4) is 0 Å². The molecule has 2 aromatic carbocycles. The van der Waals surface area contributed by atoms with Gasteiger partial charge in [0.1, 0.15) is 5.75 Å². The van der Waals surface area contributed by atoms with Crippen molar-refractivity contribution in [3.8, 4) is 5.75 Å². The first-order valence-corrected chi connectivity index (χ1v) is 10.8. The molecule has 0 atom stereocenters. The van der Waals surface area contributed by atoms with Crippen LogP contribution in [0.25, 0.3) is 0 Å². The summed E-state index contributed by atoms with van der Waals surface area (Å²) in [4.78, 5) is 28.6. The number of nitrogens with zero attached hydrogens (tertiary/aromatic N) is 2. The molecular weight excluding hydrogens is 416 g/mol. The molecular formula is C23H29ClN4O3. The summed E-state index contributed by atoms with van der Waals surface area (Å²) in [7, 11) is 1.60. The zero-order valence-corrected chi connectivity index (χ0v) is 18.5. The van der Waals surface area contributed by atoms with E-state index in [1.165, 1.54) is 5.69 Å². The fourth-order valence-electron chi connectivity index (χ4n) is 3.47. The van der Waals surface area contributed by atoms with E-state index in [4.69, 9.17) is 16.3 Å². The molecule has 166 valence electrons. The fraction of sp³-hybridized carbons (Fsp3) is 0.391. The van der Waals surface area contributed by atoms with Crippen LogP contribution < -0.4 is 20.3 Å². The summed E-state index contributed by atoms with van der Waals surface area (Å²) >= 11 is 5.96. The van der Waals surface area contributed by atoms with Crippen LogP contribution in [0, 0.1) is 0 Å². The highest BCUT2D eigenvalue weighted by molar-refractivity contribution is 6.35. The Labute approximate surface area is 188 Å². The van der Waals surface area contributed by atoms with Crippen molar-refractivity contribution in [3.05, 3.63) is 59.1 Å². The van der Waals surface area contributed by atoms with E-state index in [9.17, 15) is 9.59 Å². The lowest BCUT2D eigenvalue weighted by Gasteiger charge is -2.36. The van der Waals surface area contributed by atoms with Crippen molar-refractivity contribution >= 4 is 29.1 Å². The molecule has 2 aromatic rings. The minimum absolute atomic E-state index is 0.300.